The van der Waals surface area contributed by atoms with Gasteiger partial charge < -0.3 is 14.6 Å². The van der Waals surface area contributed by atoms with Crippen LogP contribution in [0.4, 0.5) is 0 Å². The van der Waals surface area contributed by atoms with Crippen molar-refractivity contribution in [3.05, 3.63) is 23.8 Å². The molecule has 0 fully saturated rings. The van der Waals surface area contributed by atoms with Crippen molar-refractivity contribution in [3.63, 3.8) is 0 Å². The van der Waals surface area contributed by atoms with E-state index in [1.165, 1.54) is 0 Å². The number of hydrogen-bond donors (Lipinski definition) is 1. The van der Waals surface area contributed by atoms with Gasteiger partial charge in [-0.2, -0.15) is 0 Å². The molecule has 1 aromatic rings. The molecule has 2 atom stereocenters. The number of aliphatic hydroxyl groups is 1. The number of rotatable bonds is 3. The van der Waals surface area contributed by atoms with Crippen molar-refractivity contribution in [2.75, 3.05) is 7.11 Å². The Morgan fingerprint density at radius 3 is 3.00 bits per heavy atom. The fraction of sp³-hybridized carbons (Fsp3) is 0.538. The molecule has 1 unspecified atom stereocenters. The maximum Gasteiger partial charge on any atom is 0.129 e. The summed E-state index contributed by atoms with van der Waals surface area (Å²) in [5, 5.41) is 10.0. The van der Waals surface area contributed by atoms with Gasteiger partial charge in [0.25, 0.3) is 0 Å². The molecule has 0 amide bonds. The number of fused-ring (bicyclic) bond motifs is 1. The van der Waals surface area contributed by atoms with Gasteiger partial charge in [0.1, 0.15) is 17.6 Å². The minimum absolute atomic E-state index is 0.125. The van der Waals surface area contributed by atoms with E-state index >= 15 is 0 Å². The third kappa shape index (κ3) is 2.14. The number of hydrogen-bond acceptors (Lipinski definition) is 3. The zero-order chi connectivity index (χ0) is 11.5. The van der Waals surface area contributed by atoms with Crippen molar-refractivity contribution in [2.45, 2.75) is 38.4 Å². The summed E-state index contributed by atoms with van der Waals surface area (Å²) in [5.74, 6) is 1.53. The molecule has 1 aromatic carbocycles. The summed E-state index contributed by atoms with van der Waals surface area (Å²) >= 11 is 0. The van der Waals surface area contributed by atoms with E-state index in [-0.39, 0.29) is 6.10 Å². The molecule has 3 heteroatoms. The zero-order valence-electron chi connectivity index (χ0n) is 9.77. The van der Waals surface area contributed by atoms with Crippen molar-refractivity contribution in [3.8, 4) is 11.5 Å². The van der Waals surface area contributed by atoms with E-state index < -0.39 is 6.10 Å². The average molecular weight is 222 g/mol. The Morgan fingerprint density at radius 2 is 2.31 bits per heavy atom. The number of aliphatic hydroxyl groups excluding tert-OH is 1. The maximum absolute atomic E-state index is 10.0. The first-order valence-electron chi connectivity index (χ1n) is 5.77. The molecular weight excluding hydrogens is 204 g/mol. The van der Waals surface area contributed by atoms with Crippen molar-refractivity contribution in [1.29, 1.82) is 0 Å². The highest BCUT2D eigenvalue weighted by molar-refractivity contribution is 5.43. The number of methoxy groups -OCH3 is 1. The van der Waals surface area contributed by atoms with Gasteiger partial charge in [0.2, 0.25) is 0 Å². The van der Waals surface area contributed by atoms with Crippen molar-refractivity contribution in [2.24, 2.45) is 0 Å². The van der Waals surface area contributed by atoms with Crippen LogP contribution in [-0.2, 0) is 0 Å². The third-order valence-electron chi connectivity index (χ3n) is 2.97. The van der Waals surface area contributed by atoms with Crippen LogP contribution in [0, 0.1) is 0 Å². The SMILES string of the molecule is CCCC1C[C@H](O)c2ccc(OC)cc2O1. The minimum atomic E-state index is -0.411. The lowest BCUT2D eigenvalue weighted by atomic mass is 9.97. The van der Waals surface area contributed by atoms with Gasteiger partial charge in [0.15, 0.2) is 0 Å². The molecule has 0 bridgehead atoms. The van der Waals surface area contributed by atoms with Gasteiger partial charge in [0, 0.05) is 18.1 Å². The van der Waals surface area contributed by atoms with E-state index in [1.54, 1.807) is 7.11 Å². The van der Waals surface area contributed by atoms with Gasteiger partial charge in [-0.1, -0.05) is 13.3 Å². The smallest absolute Gasteiger partial charge is 0.129 e. The molecule has 2 rings (SSSR count). The summed E-state index contributed by atoms with van der Waals surface area (Å²) in [7, 11) is 1.63. The van der Waals surface area contributed by atoms with Gasteiger partial charge in [-0.15, -0.1) is 0 Å². The molecule has 1 N–H and O–H groups in total. The van der Waals surface area contributed by atoms with E-state index in [0.29, 0.717) is 6.42 Å². The predicted octanol–water partition coefficient (Wildman–Crippen LogP) is 2.68. The van der Waals surface area contributed by atoms with E-state index in [0.717, 1.165) is 29.9 Å². The Bertz CT molecular complexity index is 362. The molecule has 0 radical (unpaired) electrons. The van der Waals surface area contributed by atoms with Gasteiger partial charge >= 0.3 is 0 Å². The highest BCUT2D eigenvalue weighted by Gasteiger charge is 2.26. The van der Waals surface area contributed by atoms with E-state index in [1.807, 2.05) is 18.2 Å². The standard InChI is InChI=1S/C13H18O3/c1-3-4-10-7-12(14)11-6-5-9(15-2)8-13(11)16-10/h5-6,8,10,12,14H,3-4,7H2,1-2H3/t10?,12-/m0/s1. The predicted molar refractivity (Wildman–Crippen MR) is 61.9 cm³/mol. The summed E-state index contributed by atoms with van der Waals surface area (Å²) in [5.41, 5.74) is 0.869. The first kappa shape index (κ1) is 11.3. The first-order valence-corrected chi connectivity index (χ1v) is 5.77. The highest BCUT2D eigenvalue weighted by atomic mass is 16.5. The minimum Gasteiger partial charge on any atom is -0.497 e. The lowest BCUT2D eigenvalue weighted by Gasteiger charge is -2.29. The lowest BCUT2D eigenvalue weighted by Crippen LogP contribution is -2.25. The summed E-state index contributed by atoms with van der Waals surface area (Å²) in [6.07, 6.45) is 2.45. The normalized spacial score (nSPS) is 23.4. The molecule has 1 aliphatic heterocycles. The summed E-state index contributed by atoms with van der Waals surface area (Å²) < 4.78 is 11.0. The molecule has 0 saturated heterocycles. The van der Waals surface area contributed by atoms with E-state index in [2.05, 4.69) is 6.92 Å². The Hall–Kier alpha value is -1.22. The second kappa shape index (κ2) is 4.74. The van der Waals surface area contributed by atoms with Crippen LogP contribution >= 0.6 is 0 Å². The van der Waals surface area contributed by atoms with Crippen LogP contribution in [0.25, 0.3) is 0 Å². The van der Waals surface area contributed by atoms with Crippen LogP contribution in [0.1, 0.15) is 37.9 Å². The molecular formula is C13H18O3. The van der Waals surface area contributed by atoms with Crippen LogP contribution in [-0.4, -0.2) is 18.3 Å². The fourth-order valence-electron chi connectivity index (χ4n) is 2.12. The molecule has 1 aliphatic rings. The van der Waals surface area contributed by atoms with Crippen molar-refractivity contribution in [1.82, 2.24) is 0 Å². The molecule has 0 aromatic heterocycles. The van der Waals surface area contributed by atoms with Crippen LogP contribution in [0.5, 0.6) is 11.5 Å². The third-order valence-corrected chi connectivity index (χ3v) is 2.97. The maximum atomic E-state index is 10.0. The highest BCUT2D eigenvalue weighted by Crippen LogP contribution is 2.37. The van der Waals surface area contributed by atoms with E-state index in [9.17, 15) is 5.11 Å². The summed E-state index contributed by atoms with van der Waals surface area (Å²) in [6, 6.07) is 5.58. The number of ether oxygens (including phenoxy) is 2. The molecule has 3 nitrogen and oxygen atoms in total. The van der Waals surface area contributed by atoms with Gasteiger partial charge in [-0.05, 0) is 18.6 Å². The second-order valence-electron chi connectivity index (χ2n) is 4.18. The lowest BCUT2D eigenvalue weighted by molar-refractivity contribution is 0.0612. The van der Waals surface area contributed by atoms with E-state index in [4.69, 9.17) is 9.47 Å². The second-order valence-corrected chi connectivity index (χ2v) is 4.18. The van der Waals surface area contributed by atoms with Gasteiger partial charge in [-0.25, -0.2) is 0 Å². The van der Waals surface area contributed by atoms with Gasteiger partial charge in [-0.3, -0.25) is 0 Å². The Morgan fingerprint density at radius 1 is 1.50 bits per heavy atom. The van der Waals surface area contributed by atoms with Crippen LogP contribution in [0.3, 0.4) is 0 Å². The molecule has 88 valence electrons. The summed E-state index contributed by atoms with van der Waals surface area (Å²) in [6.45, 7) is 2.12. The molecule has 16 heavy (non-hydrogen) atoms. The summed E-state index contributed by atoms with van der Waals surface area (Å²) in [4.78, 5) is 0. The van der Waals surface area contributed by atoms with Crippen molar-refractivity contribution >= 4 is 0 Å². The average Bonchev–Trinajstić information content (AvgIpc) is 2.28. The molecule has 0 spiro atoms. The monoisotopic (exact) mass is 222 g/mol. The first-order chi connectivity index (χ1) is 7.74. The largest absolute Gasteiger partial charge is 0.497 e. The Kier molecular flexibility index (Phi) is 3.34. The quantitative estimate of drug-likeness (QED) is 0.854. The molecule has 0 aliphatic carbocycles. The molecule has 1 heterocycles. The van der Waals surface area contributed by atoms with Crippen LogP contribution < -0.4 is 9.47 Å². The fourth-order valence-corrected chi connectivity index (χ4v) is 2.12. The van der Waals surface area contributed by atoms with Gasteiger partial charge in [0.05, 0.1) is 13.2 Å². The Labute approximate surface area is 96.0 Å². The molecule has 0 saturated carbocycles. The zero-order valence-corrected chi connectivity index (χ0v) is 9.77. The van der Waals surface area contributed by atoms with Crippen molar-refractivity contribution < 1.29 is 14.6 Å². The van der Waals surface area contributed by atoms with Crippen LogP contribution in [0.15, 0.2) is 18.2 Å². The topological polar surface area (TPSA) is 38.7 Å². The Balaban J connectivity index is 2.24. The number of benzene rings is 1. The van der Waals surface area contributed by atoms with Crippen LogP contribution in [0.2, 0.25) is 0 Å².